The van der Waals surface area contributed by atoms with Gasteiger partial charge in [0.25, 0.3) is 0 Å². The molecule has 0 aromatic heterocycles. The molecule has 2 aromatic carbocycles. The largest absolute Gasteiger partial charge is 0.497 e. The molecule has 0 aliphatic carbocycles. The van der Waals surface area contributed by atoms with E-state index >= 15 is 0 Å². The monoisotopic (exact) mass is 399 g/mol. The highest BCUT2D eigenvalue weighted by Gasteiger charge is 2.36. The van der Waals surface area contributed by atoms with Gasteiger partial charge >= 0.3 is 0 Å². The van der Waals surface area contributed by atoms with Gasteiger partial charge in [-0.1, -0.05) is 0 Å². The van der Waals surface area contributed by atoms with Gasteiger partial charge in [0.1, 0.15) is 23.9 Å². The summed E-state index contributed by atoms with van der Waals surface area (Å²) in [5.74, 6) is 1.05. The molecular weight excluding hydrogens is 374 g/mol. The lowest BCUT2D eigenvalue weighted by molar-refractivity contribution is -0.122. The number of benzene rings is 2. The summed E-state index contributed by atoms with van der Waals surface area (Å²) in [6.45, 7) is 1.15. The topological polar surface area (TPSA) is 103 Å². The van der Waals surface area contributed by atoms with Crippen molar-refractivity contribution in [2.75, 3.05) is 44.1 Å². The normalized spacial score (nSPS) is 15.9. The maximum atomic E-state index is 12.7. The van der Waals surface area contributed by atoms with E-state index in [4.69, 9.17) is 19.9 Å². The average Bonchev–Trinajstić information content (AvgIpc) is 3.14. The van der Waals surface area contributed by atoms with Crippen LogP contribution in [0.15, 0.2) is 42.5 Å². The van der Waals surface area contributed by atoms with Crippen molar-refractivity contribution in [1.82, 2.24) is 0 Å². The Morgan fingerprint density at radius 1 is 1.14 bits per heavy atom. The Morgan fingerprint density at radius 2 is 1.86 bits per heavy atom. The van der Waals surface area contributed by atoms with E-state index < -0.39 is 5.92 Å². The fourth-order valence-electron chi connectivity index (χ4n) is 3.18. The van der Waals surface area contributed by atoms with Crippen LogP contribution in [0.2, 0.25) is 0 Å². The molecule has 1 aliphatic rings. The molecule has 2 aromatic rings. The van der Waals surface area contributed by atoms with E-state index in [0.717, 1.165) is 0 Å². The van der Waals surface area contributed by atoms with Crippen LogP contribution in [0.25, 0.3) is 0 Å². The molecule has 3 N–H and O–H groups in total. The summed E-state index contributed by atoms with van der Waals surface area (Å²) in [6.07, 6.45) is 0.138. The highest BCUT2D eigenvalue weighted by molar-refractivity contribution is 6.04. The van der Waals surface area contributed by atoms with Crippen LogP contribution in [0.5, 0.6) is 17.2 Å². The summed E-state index contributed by atoms with van der Waals surface area (Å²) < 4.78 is 16.0. The second-order valence-corrected chi connectivity index (χ2v) is 6.59. The molecule has 8 heteroatoms. The van der Waals surface area contributed by atoms with Gasteiger partial charge in [-0.3, -0.25) is 9.59 Å². The number of nitrogens with two attached hydrogens (primary N) is 1. The Bertz CT molecular complexity index is 869. The van der Waals surface area contributed by atoms with Crippen LogP contribution in [0.3, 0.4) is 0 Å². The van der Waals surface area contributed by atoms with Gasteiger partial charge in [-0.2, -0.15) is 0 Å². The van der Waals surface area contributed by atoms with Gasteiger partial charge in [0.05, 0.1) is 25.8 Å². The average molecular weight is 399 g/mol. The number of methoxy groups -OCH3 is 2. The van der Waals surface area contributed by atoms with E-state index in [-0.39, 0.29) is 24.8 Å². The number of carbonyl (C=O) groups is 2. The lowest BCUT2D eigenvalue weighted by atomic mass is 10.1. The smallest absolute Gasteiger partial charge is 0.229 e. The molecule has 29 heavy (non-hydrogen) atoms. The van der Waals surface area contributed by atoms with Crippen LogP contribution in [0, 0.1) is 5.92 Å². The van der Waals surface area contributed by atoms with Gasteiger partial charge in [-0.15, -0.1) is 0 Å². The number of hydrogen-bond acceptors (Lipinski definition) is 6. The molecule has 0 bridgehead atoms. The van der Waals surface area contributed by atoms with Crippen molar-refractivity contribution in [1.29, 1.82) is 0 Å². The highest BCUT2D eigenvalue weighted by atomic mass is 16.5. The van der Waals surface area contributed by atoms with Crippen molar-refractivity contribution in [2.24, 2.45) is 11.7 Å². The lowest BCUT2D eigenvalue weighted by Crippen LogP contribution is -2.28. The number of nitrogens with one attached hydrogen (secondary N) is 1. The van der Waals surface area contributed by atoms with Crippen LogP contribution in [-0.4, -0.2) is 45.7 Å². The zero-order valence-corrected chi connectivity index (χ0v) is 16.5. The molecule has 3 rings (SSSR count). The Kier molecular flexibility index (Phi) is 6.56. The minimum atomic E-state index is -0.456. The van der Waals surface area contributed by atoms with Gasteiger partial charge in [0, 0.05) is 31.3 Å². The second kappa shape index (κ2) is 9.29. The molecule has 1 aliphatic heterocycles. The molecule has 1 saturated heterocycles. The first-order chi connectivity index (χ1) is 14.0. The fraction of sp³-hybridized carbons (Fsp3) is 0.333. The number of carbonyl (C=O) groups excluding carboxylic acids is 2. The van der Waals surface area contributed by atoms with Crippen molar-refractivity contribution < 1.29 is 23.8 Å². The molecule has 8 nitrogen and oxygen atoms in total. The summed E-state index contributed by atoms with van der Waals surface area (Å²) in [5.41, 5.74) is 6.67. The van der Waals surface area contributed by atoms with E-state index in [0.29, 0.717) is 41.8 Å². The molecule has 0 radical (unpaired) electrons. The number of hydrogen-bond donors (Lipinski definition) is 2. The summed E-state index contributed by atoms with van der Waals surface area (Å²) in [5, 5.41) is 2.86. The Hall–Kier alpha value is -3.26. The van der Waals surface area contributed by atoms with Crippen molar-refractivity contribution in [3.05, 3.63) is 42.5 Å². The summed E-state index contributed by atoms with van der Waals surface area (Å²) >= 11 is 0. The van der Waals surface area contributed by atoms with Crippen LogP contribution in [0.4, 0.5) is 11.4 Å². The van der Waals surface area contributed by atoms with Crippen LogP contribution in [0.1, 0.15) is 6.42 Å². The molecule has 2 amide bonds. The summed E-state index contributed by atoms with van der Waals surface area (Å²) in [4.78, 5) is 26.8. The molecular formula is C21H25N3O5. The number of ether oxygens (including phenoxy) is 3. The lowest BCUT2D eigenvalue weighted by Gasteiger charge is -2.20. The van der Waals surface area contributed by atoms with Gasteiger partial charge in [0.15, 0.2) is 0 Å². The van der Waals surface area contributed by atoms with Crippen LogP contribution >= 0.6 is 0 Å². The minimum Gasteiger partial charge on any atom is -0.497 e. The molecule has 154 valence electrons. The molecule has 1 heterocycles. The first-order valence-electron chi connectivity index (χ1n) is 9.32. The van der Waals surface area contributed by atoms with E-state index in [1.54, 1.807) is 54.5 Å². The second-order valence-electron chi connectivity index (χ2n) is 6.59. The highest BCUT2D eigenvalue weighted by Crippen LogP contribution is 2.36. The molecule has 1 unspecified atom stereocenters. The van der Waals surface area contributed by atoms with Crippen LogP contribution < -0.4 is 30.2 Å². The number of amides is 2. The number of rotatable bonds is 8. The fourth-order valence-corrected chi connectivity index (χ4v) is 3.18. The van der Waals surface area contributed by atoms with Gasteiger partial charge in [-0.25, -0.2) is 0 Å². The molecule has 0 spiro atoms. The van der Waals surface area contributed by atoms with Crippen molar-refractivity contribution in [3.8, 4) is 17.2 Å². The van der Waals surface area contributed by atoms with E-state index in [2.05, 4.69) is 5.32 Å². The predicted octanol–water partition coefficient (Wildman–Crippen LogP) is 2.03. The summed E-state index contributed by atoms with van der Waals surface area (Å²) in [6, 6.07) is 12.3. The Morgan fingerprint density at radius 3 is 2.52 bits per heavy atom. The Labute approximate surface area is 169 Å². The van der Waals surface area contributed by atoms with Gasteiger partial charge in [0.2, 0.25) is 11.8 Å². The van der Waals surface area contributed by atoms with Gasteiger partial charge in [-0.05, 0) is 36.4 Å². The predicted molar refractivity (Wildman–Crippen MR) is 110 cm³/mol. The SMILES string of the molecule is COc1ccc(N2CC(C(=O)Nc3ccc(OCCN)cc3)CC2=O)c(OC)c1. The van der Waals surface area contributed by atoms with Crippen molar-refractivity contribution >= 4 is 23.2 Å². The summed E-state index contributed by atoms with van der Waals surface area (Å²) in [7, 11) is 3.09. The standard InChI is InChI=1S/C21H25N3O5/c1-27-17-7-8-18(19(12-17)28-2)24-13-14(11-20(24)25)21(26)23-15-3-5-16(6-4-15)29-10-9-22/h3-8,12,14H,9-11,13,22H2,1-2H3,(H,23,26). The maximum Gasteiger partial charge on any atom is 0.229 e. The molecule has 0 saturated carbocycles. The number of nitrogens with zero attached hydrogens (tertiary/aromatic N) is 1. The van der Waals surface area contributed by atoms with Gasteiger partial charge < -0.3 is 30.2 Å². The third-order valence-electron chi connectivity index (χ3n) is 4.68. The quantitative estimate of drug-likeness (QED) is 0.704. The zero-order valence-electron chi connectivity index (χ0n) is 16.5. The van der Waals surface area contributed by atoms with E-state index in [9.17, 15) is 9.59 Å². The first-order valence-corrected chi connectivity index (χ1v) is 9.32. The van der Waals surface area contributed by atoms with Crippen molar-refractivity contribution in [3.63, 3.8) is 0 Å². The first kappa shape index (κ1) is 20.5. The maximum absolute atomic E-state index is 12.7. The molecule has 1 fully saturated rings. The van der Waals surface area contributed by atoms with Crippen molar-refractivity contribution in [2.45, 2.75) is 6.42 Å². The van der Waals surface area contributed by atoms with E-state index in [1.807, 2.05) is 0 Å². The minimum absolute atomic E-state index is 0.126. The van der Waals surface area contributed by atoms with Crippen LogP contribution in [-0.2, 0) is 9.59 Å². The number of anilines is 2. The zero-order chi connectivity index (χ0) is 20.8. The molecule has 1 atom stereocenters. The third-order valence-corrected chi connectivity index (χ3v) is 4.68. The third kappa shape index (κ3) is 4.78. The van der Waals surface area contributed by atoms with E-state index in [1.165, 1.54) is 7.11 Å². The Balaban J connectivity index is 1.66.